The van der Waals surface area contributed by atoms with E-state index in [4.69, 9.17) is 9.47 Å². The molecule has 1 N–H and O–H groups in total. The number of H-pyrrole nitrogens is 1. The van der Waals surface area contributed by atoms with Crippen molar-refractivity contribution in [2.24, 2.45) is 0 Å². The van der Waals surface area contributed by atoms with Crippen molar-refractivity contribution in [1.29, 1.82) is 0 Å². The van der Waals surface area contributed by atoms with E-state index in [2.05, 4.69) is 25.1 Å². The maximum atomic E-state index is 15.1. The van der Waals surface area contributed by atoms with Crippen molar-refractivity contribution in [3.63, 3.8) is 0 Å². The number of thiazole rings is 1. The zero-order valence-electron chi connectivity index (χ0n) is 21.0. The van der Waals surface area contributed by atoms with Crippen LogP contribution in [0.5, 0.6) is 0 Å². The van der Waals surface area contributed by atoms with Crippen LogP contribution < -0.4 is 9.80 Å². The molecule has 4 heterocycles. The highest BCUT2D eigenvalue weighted by Crippen LogP contribution is 2.39. The van der Waals surface area contributed by atoms with E-state index in [1.807, 2.05) is 11.8 Å². The number of aromatic nitrogens is 5. The molecule has 1 aliphatic heterocycles. The number of hydrogen-bond acceptors (Lipinski definition) is 9. The summed E-state index contributed by atoms with van der Waals surface area (Å²) in [5.41, 5.74) is 0.931. The highest BCUT2D eigenvalue weighted by molar-refractivity contribution is 7.22. The molecule has 2 atom stereocenters. The first-order chi connectivity index (χ1) is 18.0. The minimum Gasteiger partial charge on any atom is -0.378 e. The largest absolute Gasteiger partial charge is 0.416 e. The van der Waals surface area contributed by atoms with Crippen molar-refractivity contribution in [2.75, 3.05) is 44.1 Å². The van der Waals surface area contributed by atoms with E-state index >= 15 is 4.39 Å². The number of anilines is 2. The average Bonchev–Trinajstić information content (AvgIpc) is 3.50. The SMILES string of the molecule is COCc1n[nH]cc1[C@H]1CN(c2nc(-c3ccc(C(F)(F)F)cc3F)c3sc(N(C)C)nc3n2)C[C@@H](C)O1. The van der Waals surface area contributed by atoms with Gasteiger partial charge in [-0.1, -0.05) is 11.3 Å². The predicted octanol–water partition coefficient (Wildman–Crippen LogP) is 4.81. The van der Waals surface area contributed by atoms with Crippen LogP contribution in [0.3, 0.4) is 0 Å². The van der Waals surface area contributed by atoms with Crippen LogP contribution in [-0.2, 0) is 22.3 Å². The Morgan fingerprint density at radius 1 is 1.21 bits per heavy atom. The van der Waals surface area contributed by atoms with Gasteiger partial charge in [0.15, 0.2) is 10.8 Å². The van der Waals surface area contributed by atoms with Gasteiger partial charge in [-0.05, 0) is 25.1 Å². The van der Waals surface area contributed by atoms with E-state index in [9.17, 15) is 13.2 Å². The van der Waals surface area contributed by atoms with Crippen molar-refractivity contribution < 1.29 is 27.0 Å². The molecule has 0 spiro atoms. The Labute approximate surface area is 219 Å². The quantitative estimate of drug-likeness (QED) is 0.342. The van der Waals surface area contributed by atoms with Crippen molar-refractivity contribution >= 4 is 32.8 Å². The summed E-state index contributed by atoms with van der Waals surface area (Å²) in [7, 11) is 5.19. The molecular formula is C24H25F4N7O2S. The topological polar surface area (TPSA) is 92.3 Å². The molecule has 1 saturated heterocycles. The number of aromatic amines is 1. The number of fused-ring (bicyclic) bond motifs is 1. The number of morpholine rings is 1. The molecule has 0 unspecified atom stereocenters. The zero-order valence-corrected chi connectivity index (χ0v) is 21.8. The van der Waals surface area contributed by atoms with Crippen LogP contribution in [0.15, 0.2) is 24.4 Å². The Hall–Kier alpha value is -3.36. The average molecular weight is 552 g/mol. The van der Waals surface area contributed by atoms with E-state index in [-0.39, 0.29) is 29.4 Å². The maximum Gasteiger partial charge on any atom is 0.416 e. The Kier molecular flexibility index (Phi) is 6.96. The zero-order chi connectivity index (χ0) is 27.2. The lowest BCUT2D eigenvalue weighted by atomic mass is 10.1. The number of ether oxygens (including phenoxy) is 2. The Morgan fingerprint density at radius 3 is 2.68 bits per heavy atom. The Bertz CT molecular complexity index is 1460. The lowest BCUT2D eigenvalue weighted by molar-refractivity contribution is -0.137. The molecule has 202 valence electrons. The molecular weight excluding hydrogens is 526 g/mol. The minimum atomic E-state index is -4.66. The molecule has 3 aromatic heterocycles. The molecule has 1 aromatic carbocycles. The van der Waals surface area contributed by atoms with E-state index in [1.165, 1.54) is 11.3 Å². The van der Waals surface area contributed by atoms with Gasteiger partial charge in [0.25, 0.3) is 0 Å². The fourth-order valence-electron chi connectivity index (χ4n) is 4.35. The van der Waals surface area contributed by atoms with Gasteiger partial charge in [0.2, 0.25) is 5.95 Å². The fourth-order valence-corrected chi connectivity index (χ4v) is 5.28. The highest BCUT2D eigenvalue weighted by atomic mass is 32.1. The number of benzene rings is 1. The first kappa shape index (κ1) is 26.3. The number of nitrogens with zero attached hydrogens (tertiary/aromatic N) is 6. The molecule has 0 bridgehead atoms. The number of halogens is 4. The normalized spacial score (nSPS) is 18.4. The van der Waals surface area contributed by atoms with Gasteiger partial charge in [-0.3, -0.25) is 5.10 Å². The molecule has 0 amide bonds. The van der Waals surface area contributed by atoms with Crippen LogP contribution in [-0.4, -0.2) is 65.5 Å². The van der Waals surface area contributed by atoms with Crippen LogP contribution in [0, 0.1) is 5.82 Å². The van der Waals surface area contributed by atoms with Gasteiger partial charge in [0.05, 0.1) is 36.2 Å². The van der Waals surface area contributed by atoms with Crippen molar-refractivity contribution in [3.05, 3.63) is 47.0 Å². The van der Waals surface area contributed by atoms with Gasteiger partial charge >= 0.3 is 6.18 Å². The number of methoxy groups -OCH3 is 1. The molecule has 0 radical (unpaired) electrons. The molecule has 4 aromatic rings. The molecule has 0 aliphatic carbocycles. The number of nitrogens with one attached hydrogen (secondary N) is 1. The molecule has 9 nitrogen and oxygen atoms in total. The summed E-state index contributed by atoms with van der Waals surface area (Å²) in [5.74, 6) is -0.749. The van der Waals surface area contributed by atoms with Crippen molar-refractivity contribution in [2.45, 2.75) is 31.9 Å². The van der Waals surface area contributed by atoms with Gasteiger partial charge in [-0.15, -0.1) is 0 Å². The van der Waals surface area contributed by atoms with Gasteiger partial charge in [-0.2, -0.15) is 28.2 Å². The smallest absolute Gasteiger partial charge is 0.378 e. The molecule has 1 fully saturated rings. The first-order valence-electron chi connectivity index (χ1n) is 11.7. The second-order valence-electron chi connectivity index (χ2n) is 9.17. The lowest BCUT2D eigenvalue weighted by Gasteiger charge is -2.37. The van der Waals surface area contributed by atoms with Crippen LogP contribution >= 0.6 is 11.3 Å². The van der Waals surface area contributed by atoms with Crippen LogP contribution in [0.25, 0.3) is 21.6 Å². The molecule has 14 heteroatoms. The van der Waals surface area contributed by atoms with Crippen LogP contribution in [0.2, 0.25) is 0 Å². The standard InChI is InChI=1S/C24H25F4N7O2S/c1-12-9-35(10-18(37-12)15-8-29-33-17(15)11-36-4)22-30-19(20-21(31-22)32-23(38-20)34(2)3)14-6-5-13(7-16(14)25)24(26,27)28/h5-8,12,18H,9-11H2,1-4H3,(H,29,33)/t12-,18-/m1/s1. The van der Waals surface area contributed by atoms with Gasteiger partial charge in [0.1, 0.15) is 16.6 Å². The third-order valence-corrected chi connectivity index (χ3v) is 7.31. The van der Waals surface area contributed by atoms with E-state index in [1.54, 1.807) is 32.3 Å². The van der Waals surface area contributed by atoms with Gasteiger partial charge in [-0.25, -0.2) is 9.37 Å². The second-order valence-corrected chi connectivity index (χ2v) is 10.1. The third kappa shape index (κ3) is 5.02. The summed E-state index contributed by atoms with van der Waals surface area (Å²) in [4.78, 5) is 17.6. The minimum absolute atomic E-state index is 0.0596. The summed E-state index contributed by atoms with van der Waals surface area (Å²) >= 11 is 1.24. The number of alkyl halides is 3. The third-order valence-electron chi connectivity index (χ3n) is 6.09. The molecule has 1 aliphatic rings. The van der Waals surface area contributed by atoms with E-state index < -0.39 is 17.6 Å². The first-order valence-corrected chi connectivity index (χ1v) is 12.5. The second kappa shape index (κ2) is 10.1. The Balaban J connectivity index is 1.60. The lowest BCUT2D eigenvalue weighted by Crippen LogP contribution is -2.44. The van der Waals surface area contributed by atoms with Crippen LogP contribution in [0.1, 0.15) is 29.8 Å². The number of hydrogen-bond donors (Lipinski definition) is 1. The summed E-state index contributed by atoms with van der Waals surface area (Å²) < 4.78 is 66.6. The molecule has 5 rings (SSSR count). The number of rotatable bonds is 6. The van der Waals surface area contributed by atoms with E-state index in [0.29, 0.717) is 46.9 Å². The van der Waals surface area contributed by atoms with E-state index in [0.717, 1.165) is 17.7 Å². The van der Waals surface area contributed by atoms with Crippen LogP contribution in [0.4, 0.5) is 28.6 Å². The Morgan fingerprint density at radius 2 is 2.00 bits per heavy atom. The molecule has 38 heavy (non-hydrogen) atoms. The predicted molar refractivity (Wildman–Crippen MR) is 135 cm³/mol. The maximum absolute atomic E-state index is 15.1. The monoisotopic (exact) mass is 551 g/mol. The molecule has 0 saturated carbocycles. The van der Waals surface area contributed by atoms with Crippen molar-refractivity contribution in [3.8, 4) is 11.3 Å². The summed E-state index contributed by atoms with van der Waals surface area (Å²) in [6, 6.07) is 2.44. The van der Waals surface area contributed by atoms with Gasteiger partial charge < -0.3 is 19.3 Å². The fraction of sp³-hybridized carbons (Fsp3) is 0.417. The van der Waals surface area contributed by atoms with Gasteiger partial charge in [0, 0.05) is 45.1 Å². The van der Waals surface area contributed by atoms with Crippen molar-refractivity contribution in [1.82, 2.24) is 25.1 Å². The summed E-state index contributed by atoms with van der Waals surface area (Å²) in [6.45, 7) is 3.03. The summed E-state index contributed by atoms with van der Waals surface area (Å²) in [5, 5.41) is 7.69. The summed E-state index contributed by atoms with van der Waals surface area (Å²) in [6.07, 6.45) is -3.49. The highest BCUT2D eigenvalue weighted by Gasteiger charge is 2.33.